The van der Waals surface area contributed by atoms with Crippen molar-refractivity contribution in [3.8, 4) is 0 Å². The largest absolute Gasteiger partial charge is 0.288 e. The van der Waals surface area contributed by atoms with Crippen molar-refractivity contribution in [3.63, 3.8) is 0 Å². The average molecular weight is 128 g/mol. The van der Waals surface area contributed by atoms with Gasteiger partial charge in [0.05, 0.1) is 0 Å². The van der Waals surface area contributed by atoms with Crippen molar-refractivity contribution >= 4 is 5.91 Å². The number of hydrazine groups is 1. The van der Waals surface area contributed by atoms with E-state index in [1.807, 2.05) is 6.92 Å². The zero-order valence-electron chi connectivity index (χ0n) is 5.82. The maximum absolute atomic E-state index is 10.6. The molecule has 0 aromatic carbocycles. The molecule has 0 rings (SSSR count). The molecule has 0 radical (unpaired) electrons. The lowest BCUT2D eigenvalue weighted by Gasteiger charge is -2.01. The minimum atomic E-state index is -0.156. The van der Waals surface area contributed by atoms with Crippen LogP contribution in [0, 0.1) is 0 Å². The van der Waals surface area contributed by atoms with Crippen LogP contribution in [0.15, 0.2) is 12.2 Å². The zero-order valence-corrected chi connectivity index (χ0v) is 5.82. The van der Waals surface area contributed by atoms with Gasteiger partial charge in [0.15, 0.2) is 0 Å². The van der Waals surface area contributed by atoms with Crippen molar-refractivity contribution in [1.29, 1.82) is 0 Å². The number of hydrogen-bond donors (Lipinski definition) is 2. The van der Waals surface area contributed by atoms with Crippen LogP contribution in [0.1, 0.15) is 13.8 Å². The van der Waals surface area contributed by atoms with Crippen LogP contribution in [0.25, 0.3) is 0 Å². The van der Waals surface area contributed by atoms with E-state index in [9.17, 15) is 4.79 Å². The molecule has 0 atom stereocenters. The van der Waals surface area contributed by atoms with Gasteiger partial charge in [0, 0.05) is 12.1 Å². The summed E-state index contributed by atoms with van der Waals surface area (Å²) in [5.74, 6) is -0.156. The molecule has 0 saturated carbocycles. The first-order valence-electron chi connectivity index (χ1n) is 2.87. The fourth-order valence-corrected chi connectivity index (χ4v) is 0.275. The van der Waals surface area contributed by atoms with Crippen LogP contribution in [-0.4, -0.2) is 12.5 Å². The van der Waals surface area contributed by atoms with Crippen LogP contribution in [0.4, 0.5) is 0 Å². The maximum atomic E-state index is 10.6. The van der Waals surface area contributed by atoms with Crippen LogP contribution >= 0.6 is 0 Å². The summed E-state index contributed by atoms with van der Waals surface area (Å²) in [6, 6.07) is 0. The third kappa shape index (κ3) is 3.73. The van der Waals surface area contributed by atoms with Gasteiger partial charge >= 0.3 is 0 Å². The molecule has 0 aromatic heterocycles. The Kier molecular flexibility index (Phi) is 3.71. The number of amides is 1. The van der Waals surface area contributed by atoms with Gasteiger partial charge in [-0.25, -0.2) is 5.43 Å². The van der Waals surface area contributed by atoms with Crippen LogP contribution in [-0.2, 0) is 4.79 Å². The summed E-state index contributed by atoms with van der Waals surface area (Å²) >= 11 is 0. The van der Waals surface area contributed by atoms with Crippen molar-refractivity contribution in [3.05, 3.63) is 12.2 Å². The Balaban J connectivity index is 3.39. The summed E-state index contributed by atoms with van der Waals surface area (Å²) in [6.07, 6.45) is 0. The minimum absolute atomic E-state index is 0.156. The molecule has 0 saturated heterocycles. The second kappa shape index (κ2) is 4.09. The number of carbonyl (C=O) groups is 1. The highest BCUT2D eigenvalue weighted by atomic mass is 16.2. The molecule has 2 N–H and O–H groups in total. The van der Waals surface area contributed by atoms with Crippen LogP contribution in [0.3, 0.4) is 0 Å². The molecular formula is C6H12N2O. The molecular weight excluding hydrogens is 116 g/mol. The lowest BCUT2D eigenvalue weighted by molar-refractivity contribution is -0.118. The summed E-state index contributed by atoms with van der Waals surface area (Å²) < 4.78 is 0. The van der Waals surface area contributed by atoms with E-state index in [1.54, 1.807) is 6.92 Å². The van der Waals surface area contributed by atoms with E-state index >= 15 is 0 Å². The summed E-state index contributed by atoms with van der Waals surface area (Å²) in [4.78, 5) is 10.6. The predicted octanol–water partition coefficient (Wildman–Crippen LogP) is 0.203. The molecule has 3 nitrogen and oxygen atoms in total. The third-order valence-corrected chi connectivity index (χ3v) is 0.766. The zero-order chi connectivity index (χ0) is 7.28. The second-order valence-corrected chi connectivity index (χ2v) is 1.76. The van der Waals surface area contributed by atoms with Crippen molar-refractivity contribution in [2.45, 2.75) is 13.8 Å². The highest BCUT2D eigenvalue weighted by molar-refractivity contribution is 5.91. The Labute approximate surface area is 55.1 Å². The molecule has 0 aliphatic carbocycles. The minimum Gasteiger partial charge on any atom is -0.288 e. The van der Waals surface area contributed by atoms with Crippen LogP contribution < -0.4 is 10.9 Å². The predicted molar refractivity (Wildman–Crippen MR) is 36.6 cm³/mol. The fraction of sp³-hybridized carbons (Fsp3) is 0.500. The van der Waals surface area contributed by atoms with E-state index in [-0.39, 0.29) is 5.91 Å². The molecule has 9 heavy (non-hydrogen) atoms. The number of nitrogens with one attached hydrogen (secondary N) is 2. The molecule has 52 valence electrons. The Morgan fingerprint density at radius 3 is 2.56 bits per heavy atom. The molecule has 0 aliphatic heterocycles. The van der Waals surface area contributed by atoms with Crippen molar-refractivity contribution in [2.75, 3.05) is 6.54 Å². The van der Waals surface area contributed by atoms with Gasteiger partial charge < -0.3 is 0 Å². The Morgan fingerprint density at radius 2 is 2.22 bits per heavy atom. The molecule has 0 heterocycles. The van der Waals surface area contributed by atoms with E-state index < -0.39 is 0 Å². The SMILES string of the molecule is C=C(C)C(=O)NNCC. The van der Waals surface area contributed by atoms with E-state index in [0.29, 0.717) is 5.57 Å². The normalized spacial score (nSPS) is 8.67. The first kappa shape index (κ1) is 8.17. The first-order chi connectivity index (χ1) is 4.18. The van der Waals surface area contributed by atoms with E-state index in [2.05, 4.69) is 17.4 Å². The highest BCUT2D eigenvalue weighted by Gasteiger charge is 1.96. The average Bonchev–Trinajstić information content (AvgIpc) is 1.82. The molecule has 0 aromatic rings. The summed E-state index contributed by atoms with van der Waals surface area (Å²) in [6.45, 7) is 7.74. The molecule has 3 heteroatoms. The second-order valence-electron chi connectivity index (χ2n) is 1.76. The first-order valence-corrected chi connectivity index (χ1v) is 2.87. The quantitative estimate of drug-likeness (QED) is 0.421. The van der Waals surface area contributed by atoms with Crippen molar-refractivity contribution in [2.24, 2.45) is 0 Å². The van der Waals surface area contributed by atoms with Gasteiger partial charge in [0.25, 0.3) is 5.91 Å². The van der Waals surface area contributed by atoms with Crippen molar-refractivity contribution in [1.82, 2.24) is 10.9 Å². The number of hydrogen-bond acceptors (Lipinski definition) is 2. The van der Waals surface area contributed by atoms with Gasteiger partial charge in [-0.3, -0.25) is 10.2 Å². The number of carbonyl (C=O) groups excluding carboxylic acids is 1. The van der Waals surface area contributed by atoms with Crippen LogP contribution in [0.2, 0.25) is 0 Å². The number of rotatable bonds is 3. The molecule has 0 fully saturated rings. The Hall–Kier alpha value is -0.830. The molecule has 0 aliphatic rings. The smallest absolute Gasteiger partial charge is 0.260 e. The molecule has 0 unspecified atom stereocenters. The lowest BCUT2D eigenvalue weighted by atomic mass is 10.3. The van der Waals surface area contributed by atoms with Gasteiger partial charge in [0.1, 0.15) is 0 Å². The molecule has 0 spiro atoms. The van der Waals surface area contributed by atoms with Gasteiger partial charge in [-0.2, -0.15) is 0 Å². The van der Waals surface area contributed by atoms with Gasteiger partial charge in [-0.15, -0.1) is 0 Å². The molecule has 0 bridgehead atoms. The van der Waals surface area contributed by atoms with Gasteiger partial charge in [-0.05, 0) is 6.92 Å². The Bertz CT molecular complexity index is 120. The van der Waals surface area contributed by atoms with E-state index in [0.717, 1.165) is 6.54 Å². The third-order valence-electron chi connectivity index (χ3n) is 0.766. The van der Waals surface area contributed by atoms with E-state index in [1.165, 1.54) is 0 Å². The highest BCUT2D eigenvalue weighted by Crippen LogP contribution is 1.81. The fourth-order valence-electron chi connectivity index (χ4n) is 0.275. The topological polar surface area (TPSA) is 41.1 Å². The monoisotopic (exact) mass is 128 g/mol. The standard InChI is InChI=1S/C6H12N2O/c1-4-7-8-6(9)5(2)3/h7H,2,4H2,1,3H3,(H,8,9). The summed E-state index contributed by atoms with van der Waals surface area (Å²) in [5.41, 5.74) is 5.62. The lowest BCUT2D eigenvalue weighted by Crippen LogP contribution is -2.37. The van der Waals surface area contributed by atoms with Crippen molar-refractivity contribution < 1.29 is 4.79 Å². The van der Waals surface area contributed by atoms with Gasteiger partial charge in [-0.1, -0.05) is 13.5 Å². The summed E-state index contributed by atoms with van der Waals surface area (Å²) in [7, 11) is 0. The Morgan fingerprint density at radius 1 is 1.67 bits per heavy atom. The molecule has 1 amide bonds. The maximum Gasteiger partial charge on any atom is 0.260 e. The van der Waals surface area contributed by atoms with Gasteiger partial charge in [0.2, 0.25) is 0 Å². The van der Waals surface area contributed by atoms with E-state index in [4.69, 9.17) is 0 Å². The summed E-state index contributed by atoms with van der Waals surface area (Å²) in [5, 5.41) is 0. The van der Waals surface area contributed by atoms with Crippen LogP contribution in [0.5, 0.6) is 0 Å².